The first kappa shape index (κ1) is 14.6. The molecule has 1 aromatic carbocycles. The van der Waals surface area contributed by atoms with Crippen LogP contribution in [0.3, 0.4) is 0 Å². The topological polar surface area (TPSA) is 41.1 Å². The summed E-state index contributed by atoms with van der Waals surface area (Å²) in [5.41, 5.74) is 2.87. The predicted molar refractivity (Wildman–Crippen MR) is 85.0 cm³/mol. The van der Waals surface area contributed by atoms with Gasteiger partial charge in [-0.1, -0.05) is 38.1 Å². The molecule has 1 heterocycles. The Hall–Kier alpha value is -1.35. The van der Waals surface area contributed by atoms with Crippen molar-refractivity contribution in [3.8, 4) is 0 Å². The van der Waals surface area contributed by atoms with E-state index in [0.29, 0.717) is 17.9 Å². The fourth-order valence-corrected chi connectivity index (χ4v) is 3.53. The van der Waals surface area contributed by atoms with Gasteiger partial charge in [0, 0.05) is 12.5 Å². The lowest BCUT2D eigenvalue weighted by Crippen LogP contribution is -2.33. The normalized spacial score (nSPS) is 23.3. The maximum atomic E-state index is 12.3. The molecule has 1 aliphatic heterocycles. The van der Waals surface area contributed by atoms with Crippen LogP contribution >= 0.6 is 0 Å². The zero-order chi connectivity index (χ0) is 14.9. The molecule has 0 aromatic heterocycles. The molecule has 1 aliphatic carbocycles. The number of hydrogen-bond acceptors (Lipinski definition) is 2. The summed E-state index contributed by atoms with van der Waals surface area (Å²) in [6.45, 7) is 7.19. The number of nitrogens with one attached hydrogen (secondary N) is 2. The number of rotatable bonds is 4. The van der Waals surface area contributed by atoms with Crippen molar-refractivity contribution in [2.45, 2.75) is 45.6 Å². The molecule has 1 atom stereocenters. The zero-order valence-corrected chi connectivity index (χ0v) is 13.1. The van der Waals surface area contributed by atoms with Crippen LogP contribution in [-0.2, 0) is 11.3 Å². The SMILES string of the molecule is CC(C)c1ccc(CNC(=O)C2CC23CCNCC3)cc1. The minimum atomic E-state index is 0.254. The zero-order valence-electron chi connectivity index (χ0n) is 13.1. The summed E-state index contributed by atoms with van der Waals surface area (Å²) in [5.74, 6) is 1.07. The van der Waals surface area contributed by atoms with Crippen molar-refractivity contribution in [2.75, 3.05) is 13.1 Å². The van der Waals surface area contributed by atoms with E-state index in [1.807, 2.05) is 0 Å². The number of amides is 1. The highest BCUT2D eigenvalue weighted by Gasteiger charge is 2.57. The largest absolute Gasteiger partial charge is 0.352 e. The maximum absolute atomic E-state index is 12.3. The van der Waals surface area contributed by atoms with Crippen molar-refractivity contribution in [1.29, 1.82) is 0 Å². The van der Waals surface area contributed by atoms with E-state index in [1.54, 1.807) is 0 Å². The van der Waals surface area contributed by atoms with E-state index in [1.165, 1.54) is 11.1 Å². The molecule has 3 heteroatoms. The molecule has 1 saturated heterocycles. The van der Waals surface area contributed by atoms with Crippen LogP contribution < -0.4 is 10.6 Å². The van der Waals surface area contributed by atoms with Gasteiger partial charge in [-0.2, -0.15) is 0 Å². The quantitative estimate of drug-likeness (QED) is 0.893. The van der Waals surface area contributed by atoms with E-state index >= 15 is 0 Å². The van der Waals surface area contributed by atoms with Gasteiger partial charge in [-0.25, -0.2) is 0 Å². The van der Waals surface area contributed by atoms with Gasteiger partial charge >= 0.3 is 0 Å². The van der Waals surface area contributed by atoms with Crippen molar-refractivity contribution in [3.63, 3.8) is 0 Å². The van der Waals surface area contributed by atoms with Gasteiger partial charge in [0.05, 0.1) is 0 Å². The number of carbonyl (C=O) groups excluding carboxylic acids is 1. The molecule has 1 saturated carbocycles. The molecule has 2 aliphatic rings. The van der Waals surface area contributed by atoms with Crippen LogP contribution in [0.4, 0.5) is 0 Å². The first-order valence-electron chi connectivity index (χ1n) is 8.18. The summed E-state index contributed by atoms with van der Waals surface area (Å²) in [7, 11) is 0. The number of piperidine rings is 1. The Morgan fingerprint density at radius 1 is 1.29 bits per heavy atom. The highest BCUT2D eigenvalue weighted by atomic mass is 16.2. The van der Waals surface area contributed by atoms with Crippen molar-refractivity contribution in [1.82, 2.24) is 10.6 Å². The lowest BCUT2D eigenvalue weighted by Gasteiger charge is -2.23. The van der Waals surface area contributed by atoms with Crippen LogP contribution in [0.15, 0.2) is 24.3 Å². The van der Waals surface area contributed by atoms with Crippen LogP contribution in [0.25, 0.3) is 0 Å². The molecule has 0 radical (unpaired) electrons. The number of benzene rings is 1. The molecular weight excluding hydrogens is 260 g/mol. The third-order valence-corrected chi connectivity index (χ3v) is 5.22. The van der Waals surface area contributed by atoms with Crippen LogP contribution in [0.5, 0.6) is 0 Å². The van der Waals surface area contributed by atoms with Crippen molar-refractivity contribution < 1.29 is 4.79 Å². The molecule has 1 amide bonds. The van der Waals surface area contributed by atoms with Gasteiger partial charge in [0.1, 0.15) is 0 Å². The third-order valence-electron chi connectivity index (χ3n) is 5.22. The van der Waals surface area contributed by atoms with Gasteiger partial charge in [0.25, 0.3) is 0 Å². The van der Waals surface area contributed by atoms with E-state index in [2.05, 4.69) is 48.7 Å². The predicted octanol–water partition coefficient (Wildman–Crippen LogP) is 2.82. The lowest BCUT2D eigenvalue weighted by molar-refractivity contribution is -0.123. The van der Waals surface area contributed by atoms with Gasteiger partial charge in [0.15, 0.2) is 0 Å². The summed E-state index contributed by atoms with van der Waals surface area (Å²) in [4.78, 5) is 12.3. The van der Waals surface area contributed by atoms with Gasteiger partial charge in [-0.15, -0.1) is 0 Å². The van der Waals surface area contributed by atoms with E-state index in [0.717, 1.165) is 32.4 Å². The molecule has 0 bridgehead atoms. The molecule has 1 spiro atoms. The fourth-order valence-electron chi connectivity index (χ4n) is 3.53. The van der Waals surface area contributed by atoms with Crippen molar-refractivity contribution >= 4 is 5.91 Å². The molecule has 114 valence electrons. The Bertz CT molecular complexity index is 500. The highest BCUT2D eigenvalue weighted by molar-refractivity contribution is 5.82. The third kappa shape index (κ3) is 3.13. The van der Waals surface area contributed by atoms with Crippen LogP contribution in [0, 0.1) is 11.3 Å². The Kier molecular flexibility index (Phi) is 4.03. The second-order valence-corrected chi connectivity index (χ2v) is 6.98. The minimum absolute atomic E-state index is 0.254. The van der Waals surface area contributed by atoms with E-state index in [4.69, 9.17) is 0 Å². The molecule has 21 heavy (non-hydrogen) atoms. The fraction of sp³-hybridized carbons (Fsp3) is 0.611. The van der Waals surface area contributed by atoms with E-state index in [9.17, 15) is 4.79 Å². The molecule has 3 rings (SSSR count). The number of carbonyl (C=O) groups is 1. The van der Waals surface area contributed by atoms with Crippen molar-refractivity contribution in [2.24, 2.45) is 11.3 Å². The van der Waals surface area contributed by atoms with Gasteiger partial charge in [-0.05, 0) is 54.8 Å². The van der Waals surface area contributed by atoms with Gasteiger partial charge in [-0.3, -0.25) is 4.79 Å². The van der Waals surface area contributed by atoms with Crippen LogP contribution in [-0.4, -0.2) is 19.0 Å². The summed E-state index contributed by atoms with van der Waals surface area (Å²) in [6, 6.07) is 8.58. The Morgan fingerprint density at radius 3 is 2.57 bits per heavy atom. The van der Waals surface area contributed by atoms with Crippen LogP contribution in [0.1, 0.15) is 50.2 Å². The first-order chi connectivity index (χ1) is 10.1. The lowest BCUT2D eigenvalue weighted by atomic mass is 9.92. The smallest absolute Gasteiger partial charge is 0.223 e. The van der Waals surface area contributed by atoms with Gasteiger partial charge < -0.3 is 10.6 Å². The first-order valence-corrected chi connectivity index (χ1v) is 8.18. The molecule has 2 N–H and O–H groups in total. The van der Waals surface area contributed by atoms with E-state index < -0.39 is 0 Å². The Balaban J connectivity index is 1.50. The summed E-state index contributed by atoms with van der Waals surface area (Å²) in [6.07, 6.45) is 3.41. The summed E-state index contributed by atoms with van der Waals surface area (Å²) in [5, 5.41) is 6.50. The molecule has 3 nitrogen and oxygen atoms in total. The highest BCUT2D eigenvalue weighted by Crippen LogP contribution is 2.58. The molecule has 2 fully saturated rings. The number of hydrogen-bond donors (Lipinski definition) is 2. The Morgan fingerprint density at radius 2 is 1.95 bits per heavy atom. The summed E-state index contributed by atoms with van der Waals surface area (Å²) < 4.78 is 0. The monoisotopic (exact) mass is 286 g/mol. The molecular formula is C18H26N2O. The average Bonchev–Trinajstić information content (AvgIpc) is 3.19. The van der Waals surface area contributed by atoms with Crippen molar-refractivity contribution in [3.05, 3.63) is 35.4 Å². The second-order valence-electron chi connectivity index (χ2n) is 6.98. The minimum Gasteiger partial charge on any atom is -0.352 e. The summed E-state index contributed by atoms with van der Waals surface area (Å²) >= 11 is 0. The van der Waals surface area contributed by atoms with E-state index in [-0.39, 0.29) is 11.8 Å². The molecule has 1 aromatic rings. The average molecular weight is 286 g/mol. The Labute approximate surface area is 127 Å². The molecule has 1 unspecified atom stereocenters. The maximum Gasteiger partial charge on any atom is 0.223 e. The van der Waals surface area contributed by atoms with Gasteiger partial charge in [0.2, 0.25) is 5.91 Å². The standard InChI is InChI=1S/C18H26N2O/c1-13(2)15-5-3-14(4-6-15)12-20-17(21)16-11-18(16)7-9-19-10-8-18/h3-6,13,16,19H,7-12H2,1-2H3,(H,20,21). The van der Waals surface area contributed by atoms with Crippen LogP contribution in [0.2, 0.25) is 0 Å². The second kappa shape index (κ2) is 5.80.